The lowest BCUT2D eigenvalue weighted by Crippen LogP contribution is -2.61. The van der Waals surface area contributed by atoms with Crippen molar-refractivity contribution in [1.29, 1.82) is 0 Å². The van der Waals surface area contributed by atoms with Crippen molar-refractivity contribution >= 4 is 23.9 Å². The fraction of sp³-hybridized carbons (Fsp3) is 0.714. The molecule has 0 amide bonds. The number of aliphatic hydroxyl groups is 2. The van der Waals surface area contributed by atoms with E-state index < -0.39 is 67.3 Å². The van der Waals surface area contributed by atoms with Crippen LogP contribution in [0, 0.1) is 0 Å². The molecule has 0 aromatic rings. The van der Waals surface area contributed by atoms with Crippen molar-refractivity contribution in [2.75, 3.05) is 13.2 Å². The van der Waals surface area contributed by atoms with Gasteiger partial charge in [0.1, 0.15) is 18.8 Å². The number of unbranched alkanes of at least 4 members (excludes halogenated alkanes) is 22. The second-order valence-electron chi connectivity index (χ2n) is 19.9. The summed E-state index contributed by atoms with van der Waals surface area (Å²) in [5.41, 5.74) is 0. The lowest BCUT2D eigenvalue weighted by atomic mass is 9.98. The Hall–Kier alpha value is -4.10. The summed E-state index contributed by atoms with van der Waals surface area (Å²) in [5.74, 6) is -3.29. The number of carbonyl (C=O) groups excluding carboxylic acids is 3. The smallest absolute Gasteiger partial charge is 0.335 e. The molecule has 0 radical (unpaired) electrons. The standard InChI is InChI=1S/C63H104O12/c1-4-7-10-13-16-19-22-25-27-28-30-32-34-37-40-43-46-49-55(64)71-52-54(73-56(65)50-47-44-41-38-35-31-24-21-18-15-12-9-6-3)53-72-63-61(59(68)58(67)60(75-63)62(69)70)74-57(66)51-48-45-42-39-36-33-29-26-23-20-17-14-11-8-5-2/h8,11,16-17,19-20,25-27,29,36,39,45,48,54,58-61,63,67-68H,4-7,9-10,12-15,18,21-24,28,30-35,37-38,40-44,46-47,49-53H2,1-3H3,(H,69,70)/b11-8-,19-16-,20-17-,27-25-,29-26-,39-36-,48-45-. The molecule has 6 atom stereocenters. The van der Waals surface area contributed by atoms with Crippen LogP contribution in [0.5, 0.6) is 0 Å². The number of hydrogen-bond acceptors (Lipinski definition) is 11. The average molecular weight is 1050 g/mol. The molecule has 428 valence electrons. The lowest BCUT2D eigenvalue weighted by molar-refractivity contribution is -0.301. The van der Waals surface area contributed by atoms with Gasteiger partial charge in [-0.1, -0.05) is 228 Å². The molecule has 12 heteroatoms. The van der Waals surface area contributed by atoms with Crippen molar-refractivity contribution in [3.05, 3.63) is 85.1 Å². The van der Waals surface area contributed by atoms with Gasteiger partial charge in [0.25, 0.3) is 0 Å². The van der Waals surface area contributed by atoms with Crippen LogP contribution in [0.15, 0.2) is 85.1 Å². The molecule has 1 rings (SSSR count). The van der Waals surface area contributed by atoms with Gasteiger partial charge in [0.15, 0.2) is 24.6 Å². The van der Waals surface area contributed by atoms with Gasteiger partial charge < -0.3 is 39.0 Å². The number of aliphatic hydroxyl groups excluding tert-OH is 2. The minimum absolute atomic E-state index is 0.151. The molecule has 1 aliphatic heterocycles. The molecule has 1 fully saturated rings. The maximum Gasteiger partial charge on any atom is 0.335 e. The maximum absolute atomic E-state index is 13.1. The number of esters is 3. The second-order valence-corrected chi connectivity index (χ2v) is 19.9. The molecule has 0 aromatic heterocycles. The van der Waals surface area contributed by atoms with E-state index in [1.165, 1.54) is 96.3 Å². The van der Waals surface area contributed by atoms with E-state index in [1.54, 1.807) is 12.2 Å². The van der Waals surface area contributed by atoms with Crippen molar-refractivity contribution < 1.29 is 58.2 Å². The van der Waals surface area contributed by atoms with Gasteiger partial charge in [0, 0.05) is 12.8 Å². The first-order valence-corrected chi connectivity index (χ1v) is 29.6. The highest BCUT2D eigenvalue weighted by Crippen LogP contribution is 2.26. The predicted molar refractivity (Wildman–Crippen MR) is 303 cm³/mol. The zero-order chi connectivity index (χ0) is 54.7. The van der Waals surface area contributed by atoms with Crippen molar-refractivity contribution in [1.82, 2.24) is 0 Å². The van der Waals surface area contributed by atoms with Crippen LogP contribution >= 0.6 is 0 Å². The molecule has 0 spiro atoms. The zero-order valence-electron chi connectivity index (χ0n) is 47.0. The molecule has 1 aliphatic rings. The Balaban J connectivity index is 2.74. The van der Waals surface area contributed by atoms with Crippen LogP contribution in [-0.4, -0.2) is 89.2 Å². The van der Waals surface area contributed by atoms with Gasteiger partial charge in [-0.05, 0) is 77.0 Å². The Morgan fingerprint density at radius 1 is 0.467 bits per heavy atom. The fourth-order valence-electron chi connectivity index (χ4n) is 8.47. The number of aliphatic carboxylic acids is 1. The van der Waals surface area contributed by atoms with E-state index in [0.29, 0.717) is 19.3 Å². The maximum atomic E-state index is 13.1. The molecular formula is C63H104O12. The fourth-order valence-corrected chi connectivity index (χ4v) is 8.47. The van der Waals surface area contributed by atoms with Crippen LogP contribution in [0.25, 0.3) is 0 Å². The molecule has 0 aromatic carbocycles. The first-order valence-electron chi connectivity index (χ1n) is 29.6. The van der Waals surface area contributed by atoms with Gasteiger partial charge in [-0.2, -0.15) is 0 Å². The van der Waals surface area contributed by atoms with Gasteiger partial charge in [0.05, 0.1) is 13.0 Å². The van der Waals surface area contributed by atoms with Crippen LogP contribution in [0.2, 0.25) is 0 Å². The third kappa shape index (κ3) is 40.8. The van der Waals surface area contributed by atoms with Crippen molar-refractivity contribution in [3.63, 3.8) is 0 Å². The third-order valence-corrected chi connectivity index (χ3v) is 13.0. The number of rotatable bonds is 49. The number of ether oxygens (including phenoxy) is 5. The van der Waals surface area contributed by atoms with Crippen molar-refractivity contribution in [3.8, 4) is 0 Å². The summed E-state index contributed by atoms with van der Waals surface area (Å²) in [6.07, 6.45) is 52.9. The molecule has 0 saturated carbocycles. The summed E-state index contributed by atoms with van der Waals surface area (Å²) in [7, 11) is 0. The number of carbonyl (C=O) groups is 4. The summed E-state index contributed by atoms with van der Waals surface area (Å²) in [6, 6.07) is 0. The summed E-state index contributed by atoms with van der Waals surface area (Å²) < 4.78 is 28.3. The number of carboxylic acids is 1. The third-order valence-electron chi connectivity index (χ3n) is 13.0. The first-order chi connectivity index (χ1) is 36.6. The quantitative estimate of drug-likeness (QED) is 0.0228. The monoisotopic (exact) mass is 1050 g/mol. The SMILES string of the molecule is CC/C=C\C/C=C\C/C=C\C/C=C\C/C=C\CC(=O)OC1C(OCC(COC(=O)CCCCCCCCC/C=C\C/C=C\CCCCC)OC(=O)CCCCCCCCCCCCCCC)OC(C(=O)O)C(O)C1O. The summed E-state index contributed by atoms with van der Waals surface area (Å²) in [4.78, 5) is 51.0. The van der Waals surface area contributed by atoms with E-state index in [1.807, 2.05) is 12.2 Å². The minimum Gasteiger partial charge on any atom is -0.479 e. The second kappa shape index (κ2) is 50.7. The highest BCUT2D eigenvalue weighted by atomic mass is 16.7. The van der Waals surface area contributed by atoms with E-state index >= 15 is 0 Å². The van der Waals surface area contributed by atoms with Gasteiger partial charge >= 0.3 is 23.9 Å². The lowest BCUT2D eigenvalue weighted by Gasteiger charge is -2.40. The molecule has 6 unspecified atom stereocenters. The van der Waals surface area contributed by atoms with Crippen LogP contribution in [0.3, 0.4) is 0 Å². The van der Waals surface area contributed by atoms with E-state index in [2.05, 4.69) is 81.5 Å². The van der Waals surface area contributed by atoms with Crippen molar-refractivity contribution in [2.24, 2.45) is 0 Å². The first kappa shape index (κ1) is 68.9. The highest BCUT2D eigenvalue weighted by Gasteiger charge is 2.50. The van der Waals surface area contributed by atoms with Crippen LogP contribution in [0.4, 0.5) is 0 Å². The molecule has 3 N–H and O–H groups in total. The van der Waals surface area contributed by atoms with Crippen LogP contribution in [0.1, 0.15) is 239 Å². The summed E-state index contributed by atoms with van der Waals surface area (Å²) >= 11 is 0. The minimum atomic E-state index is -1.94. The van der Waals surface area contributed by atoms with Gasteiger partial charge in [-0.3, -0.25) is 14.4 Å². The van der Waals surface area contributed by atoms with Gasteiger partial charge in [0.2, 0.25) is 0 Å². The Bertz CT molecular complexity index is 1630. The van der Waals surface area contributed by atoms with E-state index in [9.17, 15) is 34.5 Å². The number of hydrogen-bond donors (Lipinski definition) is 3. The Kier molecular flexibility index (Phi) is 46.6. The van der Waals surface area contributed by atoms with Crippen LogP contribution in [-0.2, 0) is 42.9 Å². The van der Waals surface area contributed by atoms with E-state index in [-0.39, 0.29) is 25.9 Å². The molecule has 0 aliphatic carbocycles. The number of allylic oxidation sites excluding steroid dienone is 13. The largest absolute Gasteiger partial charge is 0.479 e. The highest BCUT2D eigenvalue weighted by molar-refractivity contribution is 5.74. The van der Waals surface area contributed by atoms with Crippen LogP contribution < -0.4 is 0 Å². The topological polar surface area (TPSA) is 175 Å². The van der Waals surface area contributed by atoms with Gasteiger partial charge in [-0.25, -0.2) is 4.79 Å². The molecule has 1 heterocycles. The average Bonchev–Trinajstić information content (AvgIpc) is 3.39. The molecule has 12 nitrogen and oxygen atoms in total. The van der Waals surface area contributed by atoms with Gasteiger partial charge in [-0.15, -0.1) is 0 Å². The normalized spacial score (nSPS) is 18.8. The zero-order valence-corrected chi connectivity index (χ0v) is 47.0. The molecule has 0 bridgehead atoms. The molecular weight excluding hydrogens is 949 g/mol. The Labute approximate surface area is 454 Å². The van der Waals surface area contributed by atoms with Crippen molar-refractivity contribution in [2.45, 2.75) is 276 Å². The Morgan fingerprint density at radius 2 is 0.880 bits per heavy atom. The van der Waals surface area contributed by atoms with E-state index in [4.69, 9.17) is 23.7 Å². The summed E-state index contributed by atoms with van der Waals surface area (Å²) in [5, 5.41) is 31.4. The molecule has 75 heavy (non-hydrogen) atoms. The Morgan fingerprint density at radius 3 is 1.37 bits per heavy atom. The number of carboxylic acid groups (broad SMARTS) is 1. The molecule has 1 saturated heterocycles. The predicted octanol–water partition coefficient (Wildman–Crippen LogP) is 15.1. The van der Waals surface area contributed by atoms with E-state index in [0.717, 1.165) is 83.5 Å². The summed E-state index contributed by atoms with van der Waals surface area (Å²) in [6.45, 7) is 5.80.